The Labute approximate surface area is 216 Å². The maximum absolute atomic E-state index is 14.0. The first kappa shape index (κ1) is 23.4. The molecule has 1 aromatic heterocycles. The number of ether oxygens (including phenoxy) is 2. The van der Waals surface area contributed by atoms with Crippen molar-refractivity contribution in [2.24, 2.45) is 4.99 Å². The predicted molar refractivity (Wildman–Crippen MR) is 140 cm³/mol. The van der Waals surface area contributed by atoms with Gasteiger partial charge in [0.05, 0.1) is 29.4 Å². The van der Waals surface area contributed by atoms with E-state index in [1.165, 1.54) is 22.8 Å². The highest BCUT2D eigenvalue weighted by molar-refractivity contribution is 6.20. The first-order valence-corrected chi connectivity index (χ1v) is 12.0. The molecule has 38 heavy (non-hydrogen) atoms. The van der Waals surface area contributed by atoms with Gasteiger partial charge in [-0.3, -0.25) is 14.2 Å². The molecular weight excluding hydrogens is 488 g/mol. The Kier molecular flexibility index (Phi) is 5.45. The van der Waals surface area contributed by atoms with E-state index in [4.69, 9.17) is 19.6 Å². The Morgan fingerprint density at radius 3 is 2.58 bits per heavy atom. The van der Waals surface area contributed by atoms with Gasteiger partial charge in [0.25, 0.3) is 11.5 Å². The van der Waals surface area contributed by atoms with Crippen LogP contribution in [0.5, 0.6) is 11.5 Å². The highest BCUT2D eigenvalue weighted by atomic mass is 16.7. The second-order valence-corrected chi connectivity index (χ2v) is 9.02. The van der Waals surface area contributed by atoms with E-state index in [1.54, 1.807) is 18.9 Å². The number of fused-ring (bicyclic) bond motifs is 1. The van der Waals surface area contributed by atoms with Crippen molar-refractivity contribution in [1.82, 2.24) is 9.55 Å². The lowest BCUT2D eigenvalue weighted by atomic mass is 9.97. The number of amides is 1. The fourth-order valence-corrected chi connectivity index (χ4v) is 5.16. The molecule has 0 saturated carbocycles. The zero-order valence-corrected chi connectivity index (χ0v) is 20.5. The van der Waals surface area contributed by atoms with Crippen LogP contribution in [0.25, 0.3) is 10.9 Å². The molecule has 0 spiro atoms. The van der Waals surface area contributed by atoms with E-state index in [0.717, 1.165) is 22.4 Å². The molecule has 2 aliphatic rings. The molecular formula is C28H22N4O6. The third-order valence-electron chi connectivity index (χ3n) is 6.81. The standard InChI is InChI=1S/C28H22N4O6/c1-15-29-22-14-18(38-28(35)36)8-9-20(22)26(33)32(15)25-27(34)31-11-10-17-12-19(37-2)13-21(24(17)31)23(30-25)16-6-4-3-5-7-16/h3-9,12-14,25H,10-11H2,1-2H3,(H,35,36). The number of nitrogens with zero attached hydrogens (tertiary/aromatic N) is 4. The Balaban J connectivity index is 1.59. The smallest absolute Gasteiger partial charge is 0.497 e. The van der Waals surface area contributed by atoms with Crippen LogP contribution in [-0.4, -0.2) is 46.1 Å². The summed E-state index contributed by atoms with van der Waals surface area (Å²) in [6, 6.07) is 17.5. The van der Waals surface area contributed by atoms with Crippen molar-refractivity contribution in [3.8, 4) is 11.5 Å². The van der Waals surface area contributed by atoms with Gasteiger partial charge in [0.15, 0.2) is 0 Å². The quantitative estimate of drug-likeness (QED) is 0.328. The summed E-state index contributed by atoms with van der Waals surface area (Å²) in [5.41, 5.74) is 3.66. The van der Waals surface area contributed by atoms with E-state index in [9.17, 15) is 14.4 Å². The first-order chi connectivity index (χ1) is 18.4. The lowest BCUT2D eigenvalue weighted by Gasteiger charge is -2.23. The molecule has 190 valence electrons. The van der Waals surface area contributed by atoms with Crippen LogP contribution in [0, 0.1) is 6.92 Å². The molecule has 3 aromatic carbocycles. The van der Waals surface area contributed by atoms with Crippen LogP contribution in [0.2, 0.25) is 0 Å². The molecule has 0 fully saturated rings. The number of hydrogen-bond donors (Lipinski definition) is 1. The molecule has 1 amide bonds. The monoisotopic (exact) mass is 510 g/mol. The third-order valence-corrected chi connectivity index (χ3v) is 6.81. The van der Waals surface area contributed by atoms with Crippen LogP contribution in [0.1, 0.15) is 28.7 Å². The van der Waals surface area contributed by atoms with Gasteiger partial charge < -0.3 is 19.5 Å². The number of carbonyl (C=O) groups is 2. The largest absolute Gasteiger partial charge is 0.511 e. The topological polar surface area (TPSA) is 123 Å². The van der Waals surface area contributed by atoms with E-state index in [1.807, 2.05) is 42.5 Å². The Hall–Kier alpha value is -4.99. The zero-order chi connectivity index (χ0) is 26.6. The molecule has 0 saturated heterocycles. The van der Waals surface area contributed by atoms with Gasteiger partial charge in [0.1, 0.15) is 17.3 Å². The highest BCUT2D eigenvalue weighted by Crippen LogP contribution is 2.40. The van der Waals surface area contributed by atoms with Crippen molar-refractivity contribution < 1.29 is 24.2 Å². The van der Waals surface area contributed by atoms with E-state index >= 15 is 0 Å². The number of aromatic nitrogens is 2. The summed E-state index contributed by atoms with van der Waals surface area (Å²) in [5.74, 6) is 0.624. The number of carbonyl (C=O) groups excluding carboxylic acids is 1. The summed E-state index contributed by atoms with van der Waals surface area (Å²) < 4.78 is 11.6. The summed E-state index contributed by atoms with van der Waals surface area (Å²) in [6.45, 7) is 2.07. The lowest BCUT2D eigenvalue weighted by Crippen LogP contribution is -2.39. The van der Waals surface area contributed by atoms with Gasteiger partial charge in [0, 0.05) is 23.7 Å². The van der Waals surface area contributed by atoms with Crippen molar-refractivity contribution in [2.75, 3.05) is 18.6 Å². The molecule has 4 aromatic rings. The van der Waals surface area contributed by atoms with Gasteiger partial charge in [-0.1, -0.05) is 30.3 Å². The van der Waals surface area contributed by atoms with Crippen LogP contribution in [0.3, 0.4) is 0 Å². The van der Waals surface area contributed by atoms with Gasteiger partial charge in [-0.2, -0.15) is 0 Å². The summed E-state index contributed by atoms with van der Waals surface area (Å²) in [5, 5.41) is 9.13. The molecule has 1 atom stereocenters. The highest BCUT2D eigenvalue weighted by Gasteiger charge is 2.39. The SMILES string of the molecule is COc1cc2c3c(c1)C(c1ccccc1)=NC(n1c(C)nc4cc(OC(=O)O)ccc4c1=O)C(=O)N3CC2. The zero-order valence-electron chi connectivity index (χ0n) is 20.5. The normalized spacial score (nSPS) is 16.2. The summed E-state index contributed by atoms with van der Waals surface area (Å²) in [6.07, 6.45) is -2.02. The van der Waals surface area contributed by atoms with Gasteiger partial charge >= 0.3 is 6.16 Å². The number of carboxylic acid groups (broad SMARTS) is 1. The predicted octanol–water partition coefficient (Wildman–Crippen LogP) is 3.71. The van der Waals surface area contributed by atoms with Crippen molar-refractivity contribution >= 4 is 34.4 Å². The molecule has 0 aliphatic carbocycles. The van der Waals surface area contributed by atoms with Crippen LogP contribution in [-0.2, 0) is 11.2 Å². The van der Waals surface area contributed by atoms with E-state index in [0.29, 0.717) is 24.4 Å². The van der Waals surface area contributed by atoms with Gasteiger partial charge in [-0.15, -0.1) is 0 Å². The number of aliphatic imine (C=N–C) groups is 1. The maximum atomic E-state index is 14.0. The summed E-state index contributed by atoms with van der Waals surface area (Å²) >= 11 is 0. The molecule has 1 N–H and O–H groups in total. The average molecular weight is 511 g/mol. The number of anilines is 1. The Morgan fingerprint density at radius 2 is 1.84 bits per heavy atom. The summed E-state index contributed by atoms with van der Waals surface area (Å²) in [4.78, 5) is 49.9. The number of aryl methyl sites for hydroxylation is 1. The van der Waals surface area contributed by atoms with Crippen molar-refractivity contribution in [3.05, 3.63) is 93.5 Å². The van der Waals surface area contributed by atoms with Gasteiger partial charge in [-0.25, -0.2) is 14.8 Å². The number of methoxy groups -OCH3 is 1. The minimum absolute atomic E-state index is 0.0398. The van der Waals surface area contributed by atoms with Crippen molar-refractivity contribution in [3.63, 3.8) is 0 Å². The molecule has 6 rings (SSSR count). The van der Waals surface area contributed by atoms with Crippen molar-refractivity contribution in [2.45, 2.75) is 19.5 Å². The molecule has 1 unspecified atom stereocenters. The molecule has 10 heteroatoms. The summed E-state index contributed by atoms with van der Waals surface area (Å²) in [7, 11) is 1.60. The fraction of sp³-hybridized carbons (Fsp3) is 0.179. The molecule has 10 nitrogen and oxygen atoms in total. The minimum atomic E-state index is -1.47. The second kappa shape index (κ2) is 8.84. The molecule has 3 heterocycles. The van der Waals surface area contributed by atoms with Crippen molar-refractivity contribution in [1.29, 1.82) is 0 Å². The van der Waals surface area contributed by atoms with Crippen LogP contribution < -0.4 is 19.9 Å². The molecule has 0 bridgehead atoms. The Bertz CT molecular complexity index is 1730. The first-order valence-electron chi connectivity index (χ1n) is 12.0. The fourth-order valence-electron chi connectivity index (χ4n) is 5.16. The van der Waals surface area contributed by atoms with Gasteiger partial charge in [-0.05, 0) is 43.2 Å². The molecule has 0 radical (unpaired) electrons. The number of rotatable bonds is 4. The number of hydrogen-bond acceptors (Lipinski definition) is 7. The average Bonchev–Trinajstić information content (AvgIpc) is 3.29. The maximum Gasteiger partial charge on any atom is 0.511 e. The third kappa shape index (κ3) is 3.69. The van der Waals surface area contributed by atoms with Gasteiger partial charge in [0.2, 0.25) is 6.17 Å². The van der Waals surface area contributed by atoms with Crippen LogP contribution >= 0.6 is 0 Å². The second-order valence-electron chi connectivity index (χ2n) is 9.02. The van der Waals surface area contributed by atoms with E-state index in [2.05, 4.69) is 4.98 Å². The number of benzene rings is 3. The van der Waals surface area contributed by atoms with Crippen LogP contribution in [0.15, 0.2) is 70.5 Å². The van der Waals surface area contributed by atoms with Crippen LogP contribution in [0.4, 0.5) is 10.5 Å². The molecule has 2 aliphatic heterocycles. The minimum Gasteiger partial charge on any atom is -0.497 e. The van der Waals surface area contributed by atoms with E-state index < -0.39 is 17.9 Å². The lowest BCUT2D eigenvalue weighted by molar-refractivity contribution is -0.121. The van der Waals surface area contributed by atoms with E-state index in [-0.39, 0.29) is 28.4 Å². The Morgan fingerprint density at radius 1 is 1.05 bits per heavy atom.